The lowest BCUT2D eigenvalue weighted by atomic mass is 9.78. The van der Waals surface area contributed by atoms with Crippen molar-refractivity contribution in [3.8, 4) is 123 Å². The molecule has 0 spiro atoms. The molecule has 0 saturated heterocycles. The fraction of sp³-hybridized carbons (Fsp3) is 0. The van der Waals surface area contributed by atoms with Gasteiger partial charge in [0.05, 0.1) is 0 Å². The van der Waals surface area contributed by atoms with Crippen molar-refractivity contribution in [2.45, 2.75) is 0 Å². The summed E-state index contributed by atoms with van der Waals surface area (Å²) < 4.78 is 0. The summed E-state index contributed by atoms with van der Waals surface area (Å²) in [6.07, 6.45) is 0. The molecule has 0 aliphatic carbocycles. The Balaban J connectivity index is 0.972. The van der Waals surface area contributed by atoms with Crippen molar-refractivity contribution in [3.63, 3.8) is 0 Å². The Morgan fingerprint density at radius 2 is 0.403 bits per heavy atom. The molecular formula is C69H47N3. The molecule has 72 heavy (non-hydrogen) atoms. The Hall–Kier alpha value is -9.57. The Bertz CT molecular complexity index is 3820. The second-order valence-electron chi connectivity index (χ2n) is 17.9. The summed E-state index contributed by atoms with van der Waals surface area (Å²) in [5, 5.41) is 0. The van der Waals surface area contributed by atoms with E-state index in [0.29, 0.717) is 17.5 Å². The highest BCUT2D eigenvalue weighted by Gasteiger charge is 2.24. The van der Waals surface area contributed by atoms with Crippen LogP contribution in [0, 0.1) is 0 Å². The first-order chi connectivity index (χ1) is 35.7. The minimum absolute atomic E-state index is 0.618. The molecule has 3 nitrogen and oxygen atoms in total. The highest BCUT2D eigenvalue weighted by molar-refractivity contribution is 6.07. The SMILES string of the molecule is c1ccc(-c2cccc(-c3nc(-c4ccccc4)nc(-c4cccc(-c5cccc(-c6cccc(-c7cc(-c8ccccc8)c(-c8ccccc8)c(-c8ccccc8)c7-c7ccccc7)c6)c5)c4)n3)c2)cc1. The Kier molecular flexibility index (Phi) is 12.0. The fourth-order valence-corrected chi connectivity index (χ4v) is 9.86. The van der Waals surface area contributed by atoms with Gasteiger partial charge in [-0.2, -0.15) is 0 Å². The van der Waals surface area contributed by atoms with Crippen molar-refractivity contribution in [1.82, 2.24) is 15.0 Å². The lowest BCUT2D eigenvalue weighted by molar-refractivity contribution is 1.07. The molecule has 338 valence electrons. The molecule has 12 aromatic rings. The lowest BCUT2D eigenvalue weighted by Crippen LogP contribution is -2.00. The quantitative estimate of drug-likeness (QED) is 0.130. The minimum atomic E-state index is 0.618. The molecule has 0 amide bonds. The maximum Gasteiger partial charge on any atom is 0.164 e. The average Bonchev–Trinajstić information content (AvgIpc) is 3.48. The average molecular weight is 918 g/mol. The first kappa shape index (κ1) is 43.7. The Morgan fingerprint density at radius 3 is 0.819 bits per heavy atom. The molecule has 0 aliphatic heterocycles. The first-order valence-corrected chi connectivity index (χ1v) is 24.4. The number of benzene rings is 11. The number of nitrogens with zero attached hydrogens (tertiary/aromatic N) is 3. The monoisotopic (exact) mass is 917 g/mol. The molecule has 11 aromatic carbocycles. The van der Waals surface area contributed by atoms with E-state index < -0.39 is 0 Å². The van der Waals surface area contributed by atoms with Gasteiger partial charge in [-0.15, -0.1) is 0 Å². The van der Waals surface area contributed by atoms with Crippen LogP contribution < -0.4 is 0 Å². The van der Waals surface area contributed by atoms with Gasteiger partial charge in [-0.3, -0.25) is 0 Å². The maximum atomic E-state index is 5.15. The van der Waals surface area contributed by atoms with Gasteiger partial charge >= 0.3 is 0 Å². The highest BCUT2D eigenvalue weighted by Crippen LogP contribution is 2.50. The van der Waals surface area contributed by atoms with E-state index in [-0.39, 0.29) is 0 Å². The predicted octanol–water partition coefficient (Wildman–Crippen LogP) is 18.2. The summed E-state index contributed by atoms with van der Waals surface area (Å²) in [5.41, 5.74) is 21.2. The normalized spacial score (nSPS) is 11.1. The molecular weight excluding hydrogens is 871 g/mol. The van der Waals surface area contributed by atoms with Gasteiger partial charge in [-0.05, 0) is 119 Å². The van der Waals surface area contributed by atoms with Gasteiger partial charge in [0.25, 0.3) is 0 Å². The van der Waals surface area contributed by atoms with E-state index in [1.54, 1.807) is 0 Å². The smallest absolute Gasteiger partial charge is 0.164 e. The molecule has 0 radical (unpaired) electrons. The second-order valence-corrected chi connectivity index (χ2v) is 17.9. The molecule has 0 aliphatic rings. The van der Waals surface area contributed by atoms with Crippen LogP contribution in [0.1, 0.15) is 0 Å². The topological polar surface area (TPSA) is 38.7 Å². The number of hydrogen-bond acceptors (Lipinski definition) is 3. The molecule has 12 rings (SSSR count). The van der Waals surface area contributed by atoms with Crippen LogP contribution in [-0.4, -0.2) is 15.0 Å². The van der Waals surface area contributed by atoms with Crippen molar-refractivity contribution in [3.05, 3.63) is 285 Å². The third-order valence-corrected chi connectivity index (χ3v) is 13.3. The van der Waals surface area contributed by atoms with Gasteiger partial charge in [0.2, 0.25) is 0 Å². The van der Waals surface area contributed by atoms with Crippen LogP contribution in [0.15, 0.2) is 285 Å². The van der Waals surface area contributed by atoms with Crippen molar-refractivity contribution in [2.75, 3.05) is 0 Å². The van der Waals surface area contributed by atoms with Gasteiger partial charge in [0.1, 0.15) is 0 Å². The molecule has 1 aromatic heterocycles. The first-order valence-electron chi connectivity index (χ1n) is 24.4. The van der Waals surface area contributed by atoms with Crippen LogP contribution in [-0.2, 0) is 0 Å². The molecule has 3 heteroatoms. The van der Waals surface area contributed by atoms with Crippen LogP contribution in [0.2, 0.25) is 0 Å². The van der Waals surface area contributed by atoms with Crippen LogP contribution in [0.25, 0.3) is 123 Å². The van der Waals surface area contributed by atoms with Crippen molar-refractivity contribution in [2.24, 2.45) is 0 Å². The number of hydrogen-bond donors (Lipinski definition) is 0. The summed E-state index contributed by atoms with van der Waals surface area (Å²) in [6.45, 7) is 0. The molecule has 0 atom stereocenters. The molecule has 0 saturated carbocycles. The summed E-state index contributed by atoms with van der Waals surface area (Å²) in [5.74, 6) is 1.87. The zero-order valence-electron chi connectivity index (χ0n) is 39.5. The van der Waals surface area contributed by atoms with Gasteiger partial charge in [-0.1, -0.05) is 255 Å². The van der Waals surface area contributed by atoms with E-state index >= 15 is 0 Å². The second kappa shape index (κ2) is 19.8. The van der Waals surface area contributed by atoms with E-state index in [4.69, 9.17) is 15.0 Å². The summed E-state index contributed by atoms with van der Waals surface area (Å²) in [7, 11) is 0. The number of rotatable bonds is 11. The summed E-state index contributed by atoms with van der Waals surface area (Å²) >= 11 is 0. The summed E-state index contributed by atoms with van der Waals surface area (Å²) in [6, 6.07) is 101. The fourth-order valence-electron chi connectivity index (χ4n) is 9.86. The Morgan fingerprint density at radius 1 is 0.153 bits per heavy atom. The molecule has 0 fully saturated rings. The van der Waals surface area contributed by atoms with Crippen molar-refractivity contribution >= 4 is 0 Å². The van der Waals surface area contributed by atoms with E-state index in [9.17, 15) is 0 Å². The van der Waals surface area contributed by atoms with E-state index in [1.165, 1.54) is 44.5 Å². The zero-order chi connectivity index (χ0) is 48.1. The van der Waals surface area contributed by atoms with E-state index in [0.717, 1.165) is 61.2 Å². The third-order valence-electron chi connectivity index (χ3n) is 13.3. The predicted molar refractivity (Wildman–Crippen MR) is 300 cm³/mol. The van der Waals surface area contributed by atoms with E-state index in [2.05, 4.69) is 249 Å². The Labute approximate surface area is 421 Å². The van der Waals surface area contributed by atoms with Crippen LogP contribution >= 0.6 is 0 Å². The zero-order valence-corrected chi connectivity index (χ0v) is 39.5. The van der Waals surface area contributed by atoms with Gasteiger partial charge < -0.3 is 0 Å². The van der Waals surface area contributed by atoms with Gasteiger partial charge in [-0.25, -0.2) is 15.0 Å². The van der Waals surface area contributed by atoms with Crippen LogP contribution in [0.4, 0.5) is 0 Å². The third kappa shape index (κ3) is 8.95. The molecule has 0 unspecified atom stereocenters. The summed E-state index contributed by atoms with van der Waals surface area (Å²) in [4.78, 5) is 15.3. The van der Waals surface area contributed by atoms with Crippen molar-refractivity contribution in [1.29, 1.82) is 0 Å². The standard InChI is InChI=1S/C69H47N3/c1-7-23-48(24-8-1)54-35-21-41-60(45-54)68-70-67(53-33-17-6-18-34-53)71-69(72-68)61-42-22-39-58(46-61)56-37-19-36-55(43-56)57-38-20-40-59(44-57)63-47-62(49-25-9-2-10-26-49)64(50-27-11-3-12-28-50)66(52-31-15-5-16-32-52)65(63)51-29-13-4-14-30-51/h1-47H. The van der Waals surface area contributed by atoms with Gasteiger partial charge in [0.15, 0.2) is 17.5 Å². The maximum absolute atomic E-state index is 5.15. The lowest BCUT2D eigenvalue weighted by Gasteiger charge is -2.24. The van der Waals surface area contributed by atoms with Crippen LogP contribution in [0.5, 0.6) is 0 Å². The van der Waals surface area contributed by atoms with Crippen LogP contribution in [0.3, 0.4) is 0 Å². The highest BCUT2D eigenvalue weighted by atomic mass is 15.0. The molecule has 0 N–H and O–H groups in total. The van der Waals surface area contributed by atoms with Gasteiger partial charge in [0, 0.05) is 16.7 Å². The number of aromatic nitrogens is 3. The van der Waals surface area contributed by atoms with E-state index in [1.807, 2.05) is 36.4 Å². The van der Waals surface area contributed by atoms with Crippen molar-refractivity contribution < 1.29 is 0 Å². The largest absolute Gasteiger partial charge is 0.208 e. The molecule has 0 bridgehead atoms. The minimum Gasteiger partial charge on any atom is -0.208 e. The molecule has 1 heterocycles.